The van der Waals surface area contributed by atoms with Crippen LogP contribution in [0.25, 0.3) is 6.08 Å². The van der Waals surface area contributed by atoms with E-state index in [1.54, 1.807) is 29.0 Å². The van der Waals surface area contributed by atoms with Crippen LogP contribution in [0.3, 0.4) is 0 Å². The molecule has 0 aliphatic heterocycles. The molecule has 0 fully saturated rings. The molecule has 0 saturated heterocycles. The third-order valence-corrected chi connectivity index (χ3v) is 3.23. The zero-order valence-electron chi connectivity index (χ0n) is 12.8. The fraction of sp³-hybridized carbons (Fsp3) is 0.188. The molecule has 0 bridgehead atoms. The van der Waals surface area contributed by atoms with E-state index in [0.29, 0.717) is 5.02 Å². The lowest BCUT2D eigenvalue weighted by Crippen LogP contribution is -2.42. The minimum atomic E-state index is -0.438. The normalized spacial score (nSPS) is 10.7. The van der Waals surface area contributed by atoms with Crippen LogP contribution in [0, 0.1) is 13.8 Å². The van der Waals surface area contributed by atoms with E-state index in [0.717, 1.165) is 17.0 Å². The summed E-state index contributed by atoms with van der Waals surface area (Å²) in [4.78, 5) is 23.4. The van der Waals surface area contributed by atoms with Gasteiger partial charge >= 0.3 is 0 Å². The Balaban J connectivity index is 1.82. The summed E-state index contributed by atoms with van der Waals surface area (Å²) in [5, 5.41) is 4.77. The zero-order valence-corrected chi connectivity index (χ0v) is 13.6. The Morgan fingerprint density at radius 2 is 2.04 bits per heavy atom. The van der Waals surface area contributed by atoms with Crippen molar-refractivity contribution in [3.63, 3.8) is 0 Å². The number of aryl methyl sites for hydroxylation is 2. The largest absolute Gasteiger partial charge is 0.271 e. The van der Waals surface area contributed by atoms with Crippen LogP contribution >= 0.6 is 11.6 Å². The van der Waals surface area contributed by atoms with Crippen molar-refractivity contribution >= 4 is 29.5 Å². The summed E-state index contributed by atoms with van der Waals surface area (Å²) in [6, 6.07) is 8.96. The van der Waals surface area contributed by atoms with E-state index in [9.17, 15) is 9.59 Å². The lowest BCUT2D eigenvalue weighted by atomic mass is 10.2. The van der Waals surface area contributed by atoms with E-state index in [1.165, 1.54) is 6.08 Å². The maximum Gasteiger partial charge on any atom is 0.262 e. The SMILES string of the molecule is Cc1cc(C)n(CC(=O)NNC(=O)/C=C/c2cccc(Cl)c2)n1. The first-order valence-electron chi connectivity index (χ1n) is 6.97. The number of nitrogens with zero attached hydrogens (tertiary/aromatic N) is 2. The number of amides is 2. The lowest BCUT2D eigenvalue weighted by Gasteiger charge is -2.06. The van der Waals surface area contributed by atoms with Gasteiger partial charge in [0.1, 0.15) is 6.54 Å². The van der Waals surface area contributed by atoms with Gasteiger partial charge in [0.05, 0.1) is 5.69 Å². The van der Waals surface area contributed by atoms with Gasteiger partial charge in [-0.05, 0) is 43.7 Å². The van der Waals surface area contributed by atoms with Gasteiger partial charge in [-0.25, -0.2) is 0 Å². The topological polar surface area (TPSA) is 76.0 Å². The van der Waals surface area contributed by atoms with Crippen LogP contribution in [0.2, 0.25) is 5.02 Å². The molecule has 0 atom stereocenters. The molecule has 2 rings (SSSR count). The van der Waals surface area contributed by atoms with Gasteiger partial charge in [-0.2, -0.15) is 5.10 Å². The fourth-order valence-corrected chi connectivity index (χ4v) is 2.16. The minimum Gasteiger partial charge on any atom is -0.271 e. The molecule has 1 aromatic carbocycles. The van der Waals surface area contributed by atoms with E-state index in [4.69, 9.17) is 11.6 Å². The predicted octanol–water partition coefficient (Wildman–Crippen LogP) is 2.01. The van der Waals surface area contributed by atoms with Crippen LogP contribution in [-0.2, 0) is 16.1 Å². The summed E-state index contributed by atoms with van der Waals surface area (Å²) in [5.74, 6) is -0.799. The molecule has 2 amide bonds. The quantitative estimate of drug-likeness (QED) is 0.664. The summed E-state index contributed by atoms with van der Waals surface area (Å²) >= 11 is 5.85. The van der Waals surface area contributed by atoms with E-state index >= 15 is 0 Å². The van der Waals surface area contributed by atoms with Gasteiger partial charge in [0.2, 0.25) is 0 Å². The van der Waals surface area contributed by atoms with Crippen molar-refractivity contribution in [2.75, 3.05) is 0 Å². The first kappa shape index (κ1) is 16.8. The Hall–Kier alpha value is -2.60. The van der Waals surface area contributed by atoms with E-state index in [1.807, 2.05) is 26.0 Å². The highest BCUT2D eigenvalue weighted by Crippen LogP contribution is 2.11. The molecule has 23 heavy (non-hydrogen) atoms. The molecule has 0 spiro atoms. The first-order valence-corrected chi connectivity index (χ1v) is 7.35. The number of aromatic nitrogens is 2. The number of nitrogens with one attached hydrogen (secondary N) is 2. The van der Waals surface area contributed by atoms with Crippen molar-refractivity contribution in [2.24, 2.45) is 0 Å². The van der Waals surface area contributed by atoms with Crippen LogP contribution in [0.15, 0.2) is 36.4 Å². The average Bonchev–Trinajstić information content (AvgIpc) is 2.81. The van der Waals surface area contributed by atoms with Gasteiger partial charge in [0.15, 0.2) is 0 Å². The van der Waals surface area contributed by atoms with Gasteiger partial charge in [-0.1, -0.05) is 23.7 Å². The summed E-state index contributed by atoms with van der Waals surface area (Å²) in [5.41, 5.74) is 7.16. The van der Waals surface area contributed by atoms with Crippen molar-refractivity contribution in [2.45, 2.75) is 20.4 Å². The smallest absolute Gasteiger partial charge is 0.262 e. The molecule has 0 unspecified atom stereocenters. The van der Waals surface area contributed by atoms with Crippen molar-refractivity contribution in [3.8, 4) is 0 Å². The van der Waals surface area contributed by atoms with Crippen molar-refractivity contribution in [3.05, 3.63) is 58.4 Å². The van der Waals surface area contributed by atoms with E-state index < -0.39 is 5.91 Å². The highest BCUT2D eigenvalue weighted by Gasteiger charge is 2.07. The number of halogens is 1. The highest BCUT2D eigenvalue weighted by atomic mass is 35.5. The van der Waals surface area contributed by atoms with Crippen LogP contribution < -0.4 is 10.9 Å². The molecule has 1 aromatic heterocycles. The number of hydrogen-bond acceptors (Lipinski definition) is 3. The molecule has 0 saturated carbocycles. The molecule has 6 nitrogen and oxygen atoms in total. The van der Waals surface area contributed by atoms with Gasteiger partial charge in [0, 0.05) is 16.8 Å². The van der Waals surface area contributed by atoms with Crippen LogP contribution in [-0.4, -0.2) is 21.6 Å². The molecular weight excluding hydrogens is 316 g/mol. The van der Waals surface area contributed by atoms with Crippen LogP contribution in [0.1, 0.15) is 17.0 Å². The molecule has 0 radical (unpaired) electrons. The molecule has 1 heterocycles. The second-order valence-corrected chi connectivity index (χ2v) is 5.45. The van der Waals surface area contributed by atoms with E-state index in [-0.39, 0.29) is 12.5 Å². The van der Waals surface area contributed by atoms with E-state index in [2.05, 4.69) is 16.0 Å². The van der Waals surface area contributed by atoms with Gasteiger partial charge in [0.25, 0.3) is 11.8 Å². The van der Waals surface area contributed by atoms with Crippen LogP contribution in [0.5, 0.6) is 0 Å². The molecule has 0 aliphatic rings. The van der Waals surface area contributed by atoms with Crippen LogP contribution in [0.4, 0.5) is 0 Å². The minimum absolute atomic E-state index is 0.0396. The number of hydrazine groups is 1. The van der Waals surface area contributed by atoms with Gasteiger partial charge < -0.3 is 0 Å². The van der Waals surface area contributed by atoms with Gasteiger partial charge in [-0.15, -0.1) is 0 Å². The average molecular weight is 333 g/mol. The molecule has 0 aliphatic carbocycles. The number of carbonyl (C=O) groups is 2. The summed E-state index contributed by atoms with van der Waals surface area (Å²) in [6.45, 7) is 3.75. The molecular formula is C16H17ClN4O2. The Morgan fingerprint density at radius 3 is 2.70 bits per heavy atom. The molecule has 7 heteroatoms. The predicted molar refractivity (Wildman–Crippen MR) is 88.5 cm³/mol. The Kier molecular flexibility index (Phi) is 5.54. The van der Waals surface area contributed by atoms with Crippen molar-refractivity contribution in [1.82, 2.24) is 20.6 Å². The standard InChI is InChI=1S/C16H17ClN4O2/c1-11-8-12(2)21(20-11)10-16(23)19-18-15(22)7-6-13-4-3-5-14(17)9-13/h3-9H,10H2,1-2H3,(H,18,22)(H,19,23)/b7-6+. The second kappa shape index (κ2) is 7.60. The van der Waals surface area contributed by atoms with Crippen molar-refractivity contribution in [1.29, 1.82) is 0 Å². The fourth-order valence-electron chi connectivity index (χ4n) is 1.97. The monoisotopic (exact) mass is 332 g/mol. The Morgan fingerprint density at radius 1 is 1.26 bits per heavy atom. The maximum atomic E-state index is 11.8. The number of hydrogen-bond donors (Lipinski definition) is 2. The lowest BCUT2D eigenvalue weighted by molar-refractivity contribution is -0.127. The third-order valence-electron chi connectivity index (χ3n) is 3.00. The molecule has 2 N–H and O–H groups in total. The van der Waals surface area contributed by atoms with Crippen molar-refractivity contribution < 1.29 is 9.59 Å². The Bertz CT molecular complexity index is 752. The number of benzene rings is 1. The molecule has 2 aromatic rings. The number of carbonyl (C=O) groups excluding carboxylic acids is 2. The second-order valence-electron chi connectivity index (χ2n) is 5.01. The number of rotatable bonds is 4. The third kappa shape index (κ3) is 5.27. The highest BCUT2D eigenvalue weighted by molar-refractivity contribution is 6.30. The maximum absolute atomic E-state index is 11.8. The summed E-state index contributed by atoms with van der Waals surface area (Å²) < 4.78 is 1.57. The van der Waals surface area contributed by atoms with Gasteiger partial charge in [-0.3, -0.25) is 25.1 Å². The summed E-state index contributed by atoms with van der Waals surface area (Å²) in [7, 11) is 0. The molecule has 120 valence electrons. The Labute approximate surface area is 139 Å². The first-order chi connectivity index (χ1) is 10.9. The zero-order chi connectivity index (χ0) is 16.8. The summed E-state index contributed by atoms with van der Waals surface area (Å²) in [6.07, 6.45) is 2.92.